The van der Waals surface area contributed by atoms with Gasteiger partial charge in [0, 0.05) is 20.7 Å². The Hall–Kier alpha value is -0.720. The molecule has 1 atom stereocenters. The van der Waals surface area contributed by atoms with Gasteiger partial charge in [0.25, 0.3) is 5.91 Å². The van der Waals surface area contributed by atoms with E-state index in [1.807, 2.05) is 6.92 Å². The van der Waals surface area contributed by atoms with E-state index in [-0.39, 0.29) is 11.3 Å². The van der Waals surface area contributed by atoms with E-state index in [0.29, 0.717) is 24.4 Å². The Bertz CT molecular complexity index is 372. The zero-order valence-electron chi connectivity index (χ0n) is 10.1. The summed E-state index contributed by atoms with van der Waals surface area (Å²) in [6.45, 7) is 2.80. The molecule has 0 bridgehead atoms. The van der Waals surface area contributed by atoms with Gasteiger partial charge in [-0.25, -0.2) is 0 Å². The van der Waals surface area contributed by atoms with Crippen molar-refractivity contribution in [2.75, 3.05) is 27.3 Å². The average molecular weight is 278 g/mol. The number of nitrogens with zero attached hydrogens (tertiary/aromatic N) is 3. The zero-order valence-corrected chi connectivity index (χ0v) is 11.7. The number of carbonyl (C=O) groups is 1. The Morgan fingerprint density at radius 3 is 2.94 bits per heavy atom. The summed E-state index contributed by atoms with van der Waals surface area (Å²) in [4.78, 5) is 14.3. The normalized spacial score (nSPS) is 12.5. The Balaban J connectivity index is 2.63. The van der Waals surface area contributed by atoms with Crippen molar-refractivity contribution in [2.45, 2.75) is 18.7 Å². The summed E-state index contributed by atoms with van der Waals surface area (Å²) < 4.78 is 8.73. The molecule has 96 valence electrons. The maximum Gasteiger partial charge on any atom is 0.267 e. The van der Waals surface area contributed by atoms with Gasteiger partial charge >= 0.3 is 0 Å². The van der Waals surface area contributed by atoms with Crippen molar-refractivity contribution in [2.24, 2.45) is 0 Å². The van der Waals surface area contributed by atoms with Crippen molar-refractivity contribution in [3.63, 3.8) is 0 Å². The van der Waals surface area contributed by atoms with Crippen LogP contribution in [-0.2, 0) is 11.2 Å². The van der Waals surface area contributed by atoms with Crippen molar-refractivity contribution >= 4 is 29.0 Å². The number of alkyl halides is 1. The SMILES string of the molecule is CCc1nnsc1C(=O)N(C)CC(Cl)COC. The van der Waals surface area contributed by atoms with Crippen LogP contribution in [-0.4, -0.2) is 53.1 Å². The lowest BCUT2D eigenvalue weighted by atomic mass is 10.2. The van der Waals surface area contributed by atoms with Crippen LogP contribution in [0.5, 0.6) is 0 Å². The van der Waals surface area contributed by atoms with Crippen LogP contribution >= 0.6 is 23.1 Å². The molecule has 0 aliphatic heterocycles. The second-order valence-corrected chi connectivity index (χ2v) is 5.01. The lowest BCUT2D eigenvalue weighted by Crippen LogP contribution is -2.34. The van der Waals surface area contributed by atoms with Gasteiger partial charge in [0.1, 0.15) is 4.88 Å². The van der Waals surface area contributed by atoms with Gasteiger partial charge in [-0.1, -0.05) is 11.4 Å². The lowest BCUT2D eigenvalue weighted by Gasteiger charge is -2.19. The van der Waals surface area contributed by atoms with Gasteiger partial charge in [-0.05, 0) is 18.0 Å². The van der Waals surface area contributed by atoms with Crippen molar-refractivity contribution in [1.29, 1.82) is 0 Å². The molecule has 1 rings (SSSR count). The fourth-order valence-electron chi connectivity index (χ4n) is 1.39. The molecule has 17 heavy (non-hydrogen) atoms. The third-order valence-corrected chi connectivity index (χ3v) is 3.27. The van der Waals surface area contributed by atoms with E-state index in [1.165, 1.54) is 0 Å². The molecule has 0 saturated carbocycles. The monoisotopic (exact) mass is 277 g/mol. The standard InChI is InChI=1S/C10H16ClN3O2S/c1-4-8-9(17-13-12-8)10(15)14(2)5-7(11)6-16-3/h7H,4-6H2,1-3H3. The minimum Gasteiger partial charge on any atom is -0.383 e. The first kappa shape index (κ1) is 14.3. The van der Waals surface area contributed by atoms with Gasteiger partial charge in [-0.3, -0.25) is 4.79 Å². The van der Waals surface area contributed by atoms with E-state index in [0.717, 1.165) is 17.2 Å². The van der Waals surface area contributed by atoms with Crippen LogP contribution in [0.3, 0.4) is 0 Å². The molecular weight excluding hydrogens is 262 g/mol. The van der Waals surface area contributed by atoms with Crippen LogP contribution in [0.15, 0.2) is 0 Å². The highest BCUT2D eigenvalue weighted by atomic mass is 35.5. The molecule has 1 heterocycles. The molecule has 0 aliphatic carbocycles. The Kier molecular flexibility index (Phi) is 5.80. The molecule has 1 aromatic rings. The van der Waals surface area contributed by atoms with Crippen molar-refractivity contribution < 1.29 is 9.53 Å². The average Bonchev–Trinajstić information content (AvgIpc) is 2.76. The molecule has 0 aromatic carbocycles. The van der Waals surface area contributed by atoms with Gasteiger partial charge in [-0.2, -0.15) is 0 Å². The first-order chi connectivity index (χ1) is 8.10. The molecule has 0 spiro atoms. The smallest absolute Gasteiger partial charge is 0.267 e. The number of rotatable bonds is 6. The molecule has 0 aliphatic rings. The number of halogens is 1. The molecule has 1 aromatic heterocycles. The third kappa shape index (κ3) is 3.90. The highest BCUT2D eigenvalue weighted by Crippen LogP contribution is 2.14. The highest BCUT2D eigenvalue weighted by Gasteiger charge is 2.20. The first-order valence-electron chi connectivity index (χ1n) is 5.29. The third-order valence-electron chi connectivity index (χ3n) is 2.25. The van der Waals surface area contributed by atoms with E-state index in [2.05, 4.69) is 9.59 Å². The van der Waals surface area contributed by atoms with Crippen LogP contribution in [0.25, 0.3) is 0 Å². The van der Waals surface area contributed by atoms with Crippen LogP contribution in [0.4, 0.5) is 0 Å². The first-order valence-corrected chi connectivity index (χ1v) is 6.50. The number of amides is 1. The summed E-state index contributed by atoms with van der Waals surface area (Å²) in [6.07, 6.45) is 0.702. The van der Waals surface area contributed by atoms with E-state index < -0.39 is 0 Å². The quantitative estimate of drug-likeness (QED) is 0.738. The number of ether oxygens (including phenoxy) is 1. The highest BCUT2D eigenvalue weighted by molar-refractivity contribution is 7.07. The van der Waals surface area contributed by atoms with Gasteiger partial charge in [0.2, 0.25) is 0 Å². The predicted octanol–water partition coefficient (Wildman–Crippen LogP) is 1.43. The van der Waals surface area contributed by atoms with Crippen molar-refractivity contribution in [3.8, 4) is 0 Å². The van der Waals surface area contributed by atoms with Crippen molar-refractivity contribution in [1.82, 2.24) is 14.5 Å². The summed E-state index contributed by atoms with van der Waals surface area (Å²) in [5.74, 6) is -0.0846. The van der Waals surface area contributed by atoms with Crippen LogP contribution in [0.1, 0.15) is 22.3 Å². The summed E-state index contributed by atoms with van der Waals surface area (Å²) in [5, 5.41) is 3.71. The maximum absolute atomic E-state index is 12.1. The molecule has 0 N–H and O–H groups in total. The number of hydrogen-bond donors (Lipinski definition) is 0. The molecule has 5 nitrogen and oxygen atoms in total. The second-order valence-electron chi connectivity index (χ2n) is 3.64. The number of aryl methyl sites for hydroxylation is 1. The van der Waals surface area contributed by atoms with Gasteiger partial charge in [0.05, 0.1) is 17.7 Å². The van der Waals surface area contributed by atoms with E-state index in [9.17, 15) is 4.79 Å². The van der Waals surface area contributed by atoms with Gasteiger partial charge in [0.15, 0.2) is 0 Å². The minimum atomic E-state index is -0.208. The summed E-state index contributed by atoms with van der Waals surface area (Å²) in [7, 11) is 3.30. The van der Waals surface area contributed by atoms with Crippen LogP contribution in [0.2, 0.25) is 0 Å². The van der Waals surface area contributed by atoms with Crippen LogP contribution < -0.4 is 0 Å². The van der Waals surface area contributed by atoms with Gasteiger partial charge < -0.3 is 9.64 Å². The molecule has 0 saturated heterocycles. The Morgan fingerprint density at radius 2 is 2.35 bits per heavy atom. The topological polar surface area (TPSA) is 55.3 Å². The molecule has 1 amide bonds. The molecule has 0 radical (unpaired) electrons. The molecule has 7 heteroatoms. The summed E-state index contributed by atoms with van der Waals surface area (Å²) >= 11 is 7.13. The second kappa shape index (κ2) is 6.88. The number of methoxy groups -OCH3 is 1. The largest absolute Gasteiger partial charge is 0.383 e. The van der Waals surface area contributed by atoms with Crippen LogP contribution in [0, 0.1) is 0 Å². The zero-order chi connectivity index (χ0) is 12.8. The minimum absolute atomic E-state index is 0.0846. The number of hydrogen-bond acceptors (Lipinski definition) is 5. The number of aromatic nitrogens is 2. The predicted molar refractivity (Wildman–Crippen MR) is 67.8 cm³/mol. The van der Waals surface area contributed by atoms with E-state index in [4.69, 9.17) is 16.3 Å². The molecular formula is C10H16ClN3O2S. The molecule has 1 unspecified atom stereocenters. The fourth-order valence-corrected chi connectivity index (χ4v) is 2.47. The Labute approximate surface area is 110 Å². The lowest BCUT2D eigenvalue weighted by molar-refractivity contribution is 0.0785. The number of carbonyl (C=O) groups excluding carboxylic acids is 1. The summed E-state index contributed by atoms with van der Waals surface area (Å²) in [5.41, 5.74) is 0.740. The van der Waals surface area contributed by atoms with E-state index in [1.54, 1.807) is 19.1 Å². The molecule has 0 fully saturated rings. The van der Waals surface area contributed by atoms with Crippen molar-refractivity contribution in [3.05, 3.63) is 10.6 Å². The summed E-state index contributed by atoms with van der Waals surface area (Å²) in [6, 6.07) is 0. The van der Waals surface area contributed by atoms with Gasteiger partial charge in [-0.15, -0.1) is 16.7 Å². The maximum atomic E-state index is 12.1. The fraction of sp³-hybridized carbons (Fsp3) is 0.700. The Morgan fingerprint density at radius 1 is 1.65 bits per heavy atom. The van der Waals surface area contributed by atoms with E-state index >= 15 is 0 Å².